The van der Waals surface area contributed by atoms with Crippen LogP contribution in [0.2, 0.25) is 0 Å². The summed E-state index contributed by atoms with van der Waals surface area (Å²) in [6.45, 7) is 6.37. The van der Waals surface area contributed by atoms with Crippen LogP contribution in [0, 0.1) is 0 Å². The van der Waals surface area contributed by atoms with E-state index in [1.54, 1.807) is 45.0 Å². The maximum absolute atomic E-state index is 12.0. The number of amides is 2. The number of benzene rings is 1. The lowest BCUT2D eigenvalue weighted by Gasteiger charge is -2.16. The molecule has 2 unspecified atom stereocenters. The highest BCUT2D eigenvalue weighted by molar-refractivity contribution is 7.93. The molecule has 0 heterocycles. The van der Waals surface area contributed by atoms with E-state index in [1.165, 1.54) is 6.92 Å². The van der Waals surface area contributed by atoms with E-state index < -0.39 is 33.1 Å². The molecule has 0 spiro atoms. The second-order valence-corrected chi connectivity index (χ2v) is 7.91. The van der Waals surface area contributed by atoms with Crippen LogP contribution in [0.1, 0.15) is 39.2 Å². The van der Waals surface area contributed by atoms with Crippen LogP contribution in [0.15, 0.2) is 24.3 Å². The smallest absolute Gasteiger partial charge is 0.239 e. The number of nitrogens with one attached hydrogen (secondary N) is 2. The first kappa shape index (κ1) is 19.0. The third-order valence-corrected chi connectivity index (χ3v) is 5.23. The predicted molar refractivity (Wildman–Crippen MR) is 89.3 cm³/mol. The van der Waals surface area contributed by atoms with Gasteiger partial charge in [-0.05, 0) is 45.4 Å². The summed E-state index contributed by atoms with van der Waals surface area (Å²) in [4.78, 5) is 23.0. The van der Waals surface area contributed by atoms with Crippen LogP contribution in [0.4, 0.5) is 5.69 Å². The zero-order chi connectivity index (χ0) is 17.8. The molecule has 8 heteroatoms. The van der Waals surface area contributed by atoms with Crippen molar-refractivity contribution in [2.75, 3.05) is 4.72 Å². The van der Waals surface area contributed by atoms with E-state index in [4.69, 9.17) is 5.73 Å². The van der Waals surface area contributed by atoms with Crippen LogP contribution in [-0.2, 0) is 19.6 Å². The van der Waals surface area contributed by atoms with Gasteiger partial charge in [0.05, 0.1) is 11.2 Å². The molecule has 1 rings (SSSR count). The molecule has 7 nitrogen and oxygen atoms in total. The summed E-state index contributed by atoms with van der Waals surface area (Å²) in [5.41, 5.74) is 6.24. The molecule has 0 aliphatic rings. The number of rotatable bonds is 7. The fourth-order valence-corrected chi connectivity index (χ4v) is 2.38. The molecule has 23 heavy (non-hydrogen) atoms. The zero-order valence-electron chi connectivity index (χ0n) is 13.7. The van der Waals surface area contributed by atoms with Crippen molar-refractivity contribution in [2.24, 2.45) is 5.73 Å². The average Bonchev–Trinajstić information content (AvgIpc) is 2.46. The Morgan fingerprint density at radius 3 is 2.00 bits per heavy atom. The largest absolute Gasteiger partial charge is 0.368 e. The molecule has 0 aliphatic carbocycles. The Morgan fingerprint density at radius 2 is 1.57 bits per heavy atom. The van der Waals surface area contributed by atoms with Crippen LogP contribution >= 0.6 is 0 Å². The second kappa shape index (κ2) is 7.45. The highest BCUT2D eigenvalue weighted by atomic mass is 32.2. The lowest BCUT2D eigenvalue weighted by Crippen LogP contribution is -2.43. The second-order valence-electron chi connectivity index (χ2n) is 5.67. The Bertz CT molecular complexity index is 668. The van der Waals surface area contributed by atoms with E-state index in [9.17, 15) is 18.0 Å². The molecule has 0 radical (unpaired) electrons. The molecule has 1 aromatic carbocycles. The van der Waals surface area contributed by atoms with Crippen molar-refractivity contribution in [2.45, 2.75) is 44.9 Å². The van der Waals surface area contributed by atoms with Gasteiger partial charge >= 0.3 is 0 Å². The standard InChI is InChI=1S/C15H23N3O4S/c1-9(2)23(21,22)18-13-7-5-12(6-8-13)10(3)15(20)17-11(4)14(16)19/h5-11,18H,1-4H3,(H2,16,19)(H,17,20). The summed E-state index contributed by atoms with van der Waals surface area (Å²) in [5, 5.41) is 1.98. The summed E-state index contributed by atoms with van der Waals surface area (Å²) in [6.07, 6.45) is 0. The Kier molecular flexibility index (Phi) is 6.14. The maximum atomic E-state index is 12.0. The molecule has 0 saturated carbocycles. The number of hydrogen-bond donors (Lipinski definition) is 3. The fourth-order valence-electron chi connectivity index (χ4n) is 1.68. The SMILES string of the molecule is CC(NC(=O)C(C)c1ccc(NS(=O)(=O)C(C)C)cc1)C(N)=O. The van der Waals surface area contributed by atoms with Crippen LogP contribution in [0.3, 0.4) is 0 Å². The molecule has 128 valence electrons. The maximum Gasteiger partial charge on any atom is 0.239 e. The third kappa shape index (κ3) is 5.24. The third-order valence-electron chi connectivity index (χ3n) is 3.47. The van der Waals surface area contributed by atoms with Crippen molar-refractivity contribution in [3.8, 4) is 0 Å². The first-order chi connectivity index (χ1) is 10.5. The molecular formula is C15H23N3O4S. The minimum atomic E-state index is -3.41. The van der Waals surface area contributed by atoms with Crippen molar-refractivity contribution < 1.29 is 18.0 Å². The number of carbonyl (C=O) groups excluding carboxylic acids is 2. The predicted octanol–water partition coefficient (Wildman–Crippen LogP) is 0.930. The molecule has 2 atom stereocenters. The van der Waals surface area contributed by atoms with E-state index in [2.05, 4.69) is 10.0 Å². The Morgan fingerprint density at radius 1 is 1.04 bits per heavy atom. The molecule has 4 N–H and O–H groups in total. The van der Waals surface area contributed by atoms with Crippen molar-refractivity contribution in [1.29, 1.82) is 0 Å². The number of sulfonamides is 1. The first-order valence-corrected chi connectivity index (χ1v) is 8.80. The van der Waals surface area contributed by atoms with Crippen molar-refractivity contribution >= 4 is 27.5 Å². The van der Waals surface area contributed by atoms with Gasteiger partial charge in [-0.1, -0.05) is 12.1 Å². The van der Waals surface area contributed by atoms with Gasteiger partial charge < -0.3 is 11.1 Å². The normalized spacial score (nSPS) is 14.1. The first-order valence-electron chi connectivity index (χ1n) is 7.26. The quantitative estimate of drug-likeness (QED) is 0.683. The lowest BCUT2D eigenvalue weighted by atomic mass is 10.00. The zero-order valence-corrected chi connectivity index (χ0v) is 14.5. The highest BCUT2D eigenvalue weighted by Gasteiger charge is 2.20. The molecule has 0 bridgehead atoms. The van der Waals surface area contributed by atoms with Crippen molar-refractivity contribution in [3.05, 3.63) is 29.8 Å². The fraction of sp³-hybridized carbons (Fsp3) is 0.467. The summed E-state index contributed by atoms with van der Waals surface area (Å²) in [7, 11) is -3.41. The van der Waals surface area contributed by atoms with E-state index in [-0.39, 0.29) is 5.91 Å². The van der Waals surface area contributed by atoms with Gasteiger partial charge in [-0.2, -0.15) is 0 Å². The Balaban J connectivity index is 2.80. The van der Waals surface area contributed by atoms with Crippen LogP contribution in [-0.4, -0.2) is 31.5 Å². The van der Waals surface area contributed by atoms with E-state index in [0.29, 0.717) is 11.3 Å². The number of anilines is 1. The van der Waals surface area contributed by atoms with Crippen molar-refractivity contribution in [1.82, 2.24) is 5.32 Å². The minimum Gasteiger partial charge on any atom is -0.368 e. The summed E-state index contributed by atoms with van der Waals surface area (Å²) in [6, 6.07) is 5.77. The summed E-state index contributed by atoms with van der Waals surface area (Å²) in [5.74, 6) is -1.43. The van der Waals surface area contributed by atoms with E-state index in [0.717, 1.165) is 0 Å². The highest BCUT2D eigenvalue weighted by Crippen LogP contribution is 2.19. The molecular weight excluding hydrogens is 318 g/mol. The van der Waals surface area contributed by atoms with Gasteiger partial charge in [-0.15, -0.1) is 0 Å². The number of hydrogen-bond acceptors (Lipinski definition) is 4. The molecule has 1 aromatic rings. The van der Waals surface area contributed by atoms with Crippen LogP contribution < -0.4 is 15.8 Å². The summed E-state index contributed by atoms with van der Waals surface area (Å²) < 4.78 is 26.1. The van der Waals surface area contributed by atoms with Gasteiger partial charge in [0.1, 0.15) is 6.04 Å². The molecule has 0 fully saturated rings. The summed E-state index contributed by atoms with van der Waals surface area (Å²) >= 11 is 0. The van der Waals surface area contributed by atoms with Gasteiger partial charge in [0.25, 0.3) is 0 Å². The Labute approximate surface area is 136 Å². The van der Waals surface area contributed by atoms with Crippen LogP contribution in [0.5, 0.6) is 0 Å². The Hall–Kier alpha value is -2.09. The number of carbonyl (C=O) groups is 2. The monoisotopic (exact) mass is 341 g/mol. The van der Waals surface area contributed by atoms with Gasteiger partial charge in [0, 0.05) is 5.69 Å². The number of nitrogens with two attached hydrogens (primary N) is 1. The van der Waals surface area contributed by atoms with E-state index in [1.807, 2.05) is 0 Å². The number of primary amides is 1. The molecule has 2 amide bonds. The van der Waals surface area contributed by atoms with Gasteiger partial charge in [0.2, 0.25) is 21.8 Å². The van der Waals surface area contributed by atoms with Crippen molar-refractivity contribution in [3.63, 3.8) is 0 Å². The minimum absolute atomic E-state index is 0.327. The molecule has 0 aliphatic heterocycles. The average molecular weight is 341 g/mol. The van der Waals surface area contributed by atoms with Gasteiger partial charge in [-0.25, -0.2) is 8.42 Å². The van der Waals surface area contributed by atoms with Gasteiger partial charge in [0.15, 0.2) is 0 Å². The molecule has 0 aromatic heterocycles. The molecule has 0 saturated heterocycles. The van der Waals surface area contributed by atoms with Gasteiger partial charge in [-0.3, -0.25) is 14.3 Å². The van der Waals surface area contributed by atoms with E-state index >= 15 is 0 Å². The lowest BCUT2D eigenvalue weighted by molar-refractivity contribution is -0.127. The topological polar surface area (TPSA) is 118 Å². The van der Waals surface area contributed by atoms with Crippen LogP contribution in [0.25, 0.3) is 0 Å².